The molecule has 1 N–H and O–H groups in total. The first-order chi connectivity index (χ1) is 9.41. The van der Waals surface area contributed by atoms with Gasteiger partial charge in [0.25, 0.3) is 5.56 Å². The monoisotopic (exact) mass is 278 g/mol. The second kappa shape index (κ2) is 5.79. The average Bonchev–Trinajstić information content (AvgIpc) is 2.81. The van der Waals surface area contributed by atoms with E-state index in [0.717, 1.165) is 25.7 Å². The smallest absolute Gasteiger partial charge is 0.253 e. The Bertz CT molecular complexity index is 544. The maximum Gasteiger partial charge on any atom is 0.253 e. The minimum Gasteiger partial charge on any atom is -0.388 e. The highest BCUT2D eigenvalue weighted by Gasteiger charge is 2.33. The Balaban J connectivity index is 2.01. The van der Waals surface area contributed by atoms with Crippen LogP contribution < -0.4 is 5.56 Å². The number of nitrogens with zero attached hydrogens (tertiary/aromatic N) is 2. The van der Waals surface area contributed by atoms with Crippen LogP contribution in [0.4, 0.5) is 0 Å². The number of likely N-dealkylation sites (N-methyl/N-ethyl adjacent to an activating group) is 1. The predicted molar refractivity (Wildman–Crippen MR) is 76.5 cm³/mol. The van der Waals surface area contributed by atoms with Crippen LogP contribution in [-0.2, 0) is 11.3 Å². The first-order valence-electron chi connectivity index (χ1n) is 7.04. The minimum absolute atomic E-state index is 0.0209. The van der Waals surface area contributed by atoms with Crippen LogP contribution in [0.3, 0.4) is 0 Å². The lowest BCUT2D eigenvalue weighted by Gasteiger charge is -2.28. The molecule has 0 aromatic carbocycles. The zero-order valence-corrected chi connectivity index (χ0v) is 12.1. The number of carbonyl (C=O) groups is 1. The average molecular weight is 278 g/mol. The van der Waals surface area contributed by atoms with Crippen molar-refractivity contribution < 1.29 is 9.90 Å². The van der Waals surface area contributed by atoms with E-state index >= 15 is 0 Å². The van der Waals surface area contributed by atoms with Gasteiger partial charge in [0.2, 0.25) is 5.91 Å². The van der Waals surface area contributed by atoms with E-state index in [1.807, 2.05) is 0 Å². The van der Waals surface area contributed by atoms with Crippen LogP contribution in [0.25, 0.3) is 0 Å². The Morgan fingerprint density at radius 2 is 2.10 bits per heavy atom. The number of aromatic nitrogens is 1. The molecule has 110 valence electrons. The fourth-order valence-corrected chi connectivity index (χ4v) is 2.77. The van der Waals surface area contributed by atoms with E-state index in [1.54, 1.807) is 32.3 Å². The SMILES string of the molecule is Cc1cccn(CC(=O)N(C)CC2(O)CCCC2)c1=O. The Morgan fingerprint density at radius 1 is 1.45 bits per heavy atom. The third kappa shape index (κ3) is 3.28. The Kier molecular flexibility index (Phi) is 4.28. The molecule has 1 heterocycles. The molecule has 1 aliphatic rings. The van der Waals surface area contributed by atoms with Gasteiger partial charge in [0.1, 0.15) is 6.54 Å². The maximum absolute atomic E-state index is 12.2. The van der Waals surface area contributed by atoms with E-state index in [1.165, 1.54) is 9.47 Å². The topological polar surface area (TPSA) is 62.5 Å². The number of hydrogen-bond acceptors (Lipinski definition) is 3. The van der Waals surface area contributed by atoms with Crippen LogP contribution in [0, 0.1) is 6.92 Å². The molecule has 1 aromatic rings. The summed E-state index contributed by atoms with van der Waals surface area (Å²) in [5.41, 5.74) is -0.270. The molecule has 0 atom stereocenters. The van der Waals surface area contributed by atoms with Gasteiger partial charge in [0.05, 0.1) is 5.60 Å². The van der Waals surface area contributed by atoms with Crippen molar-refractivity contribution in [3.8, 4) is 0 Å². The van der Waals surface area contributed by atoms with Gasteiger partial charge in [-0.25, -0.2) is 0 Å². The number of amides is 1. The van der Waals surface area contributed by atoms with Crippen molar-refractivity contribution in [2.75, 3.05) is 13.6 Å². The number of aliphatic hydroxyl groups is 1. The molecule has 5 nitrogen and oxygen atoms in total. The third-order valence-electron chi connectivity index (χ3n) is 4.01. The van der Waals surface area contributed by atoms with Crippen LogP contribution in [0.2, 0.25) is 0 Å². The summed E-state index contributed by atoms with van der Waals surface area (Å²) in [6.07, 6.45) is 5.13. The zero-order chi connectivity index (χ0) is 14.8. The van der Waals surface area contributed by atoms with Crippen LogP contribution >= 0.6 is 0 Å². The minimum atomic E-state index is -0.748. The van der Waals surface area contributed by atoms with Gasteiger partial charge in [-0.05, 0) is 25.8 Å². The van der Waals surface area contributed by atoms with Gasteiger partial charge < -0.3 is 14.6 Å². The lowest BCUT2D eigenvalue weighted by molar-refractivity contribution is -0.133. The summed E-state index contributed by atoms with van der Waals surface area (Å²) < 4.78 is 1.41. The van der Waals surface area contributed by atoms with Gasteiger partial charge in [-0.2, -0.15) is 0 Å². The molecule has 0 saturated heterocycles. The molecule has 1 fully saturated rings. The van der Waals surface area contributed by atoms with Crippen molar-refractivity contribution in [3.63, 3.8) is 0 Å². The van der Waals surface area contributed by atoms with Gasteiger partial charge in [0.15, 0.2) is 0 Å². The maximum atomic E-state index is 12.2. The van der Waals surface area contributed by atoms with Gasteiger partial charge in [-0.1, -0.05) is 18.9 Å². The highest BCUT2D eigenvalue weighted by atomic mass is 16.3. The summed E-state index contributed by atoms with van der Waals surface area (Å²) in [5, 5.41) is 10.3. The summed E-state index contributed by atoms with van der Waals surface area (Å²) in [7, 11) is 1.68. The fourth-order valence-electron chi connectivity index (χ4n) is 2.77. The third-order valence-corrected chi connectivity index (χ3v) is 4.01. The molecule has 2 rings (SSSR count). The Hall–Kier alpha value is -1.62. The van der Waals surface area contributed by atoms with Crippen molar-refractivity contribution >= 4 is 5.91 Å². The number of rotatable bonds is 4. The lowest BCUT2D eigenvalue weighted by Crippen LogP contribution is -2.44. The lowest BCUT2D eigenvalue weighted by atomic mass is 10.0. The van der Waals surface area contributed by atoms with Crippen molar-refractivity contribution in [2.45, 2.75) is 44.8 Å². The fraction of sp³-hybridized carbons (Fsp3) is 0.600. The first kappa shape index (κ1) is 14.8. The number of aryl methyl sites for hydroxylation is 1. The van der Waals surface area contributed by atoms with E-state index in [-0.39, 0.29) is 18.0 Å². The molecule has 1 amide bonds. The Morgan fingerprint density at radius 3 is 2.75 bits per heavy atom. The van der Waals surface area contributed by atoms with Gasteiger partial charge in [-0.3, -0.25) is 9.59 Å². The molecule has 20 heavy (non-hydrogen) atoms. The van der Waals surface area contributed by atoms with E-state index in [4.69, 9.17) is 0 Å². The normalized spacial score (nSPS) is 17.1. The predicted octanol–water partition coefficient (Wildman–Crippen LogP) is 0.920. The highest BCUT2D eigenvalue weighted by Crippen LogP contribution is 2.29. The molecule has 0 aliphatic heterocycles. The summed E-state index contributed by atoms with van der Waals surface area (Å²) in [5.74, 6) is -0.155. The van der Waals surface area contributed by atoms with Crippen molar-refractivity contribution in [1.29, 1.82) is 0 Å². The van der Waals surface area contributed by atoms with Crippen LogP contribution in [-0.4, -0.2) is 39.7 Å². The molecule has 0 bridgehead atoms. The number of hydrogen-bond donors (Lipinski definition) is 1. The molecular weight excluding hydrogens is 256 g/mol. The molecule has 1 aliphatic carbocycles. The number of pyridine rings is 1. The van der Waals surface area contributed by atoms with Crippen molar-refractivity contribution in [2.24, 2.45) is 0 Å². The Labute approximate surface area is 118 Å². The molecular formula is C15H22N2O3. The quantitative estimate of drug-likeness (QED) is 0.891. The summed E-state index contributed by atoms with van der Waals surface area (Å²) in [6, 6.07) is 3.49. The van der Waals surface area contributed by atoms with Gasteiger partial charge in [0, 0.05) is 25.4 Å². The van der Waals surface area contributed by atoms with E-state index in [2.05, 4.69) is 0 Å². The van der Waals surface area contributed by atoms with Crippen LogP contribution in [0.15, 0.2) is 23.1 Å². The summed E-state index contributed by atoms with van der Waals surface area (Å²) >= 11 is 0. The standard InChI is InChI=1S/C15H22N2O3/c1-12-6-5-9-17(14(12)19)10-13(18)16(2)11-15(20)7-3-4-8-15/h5-6,9,20H,3-4,7-8,10-11H2,1-2H3. The van der Waals surface area contributed by atoms with E-state index in [9.17, 15) is 14.7 Å². The molecule has 0 unspecified atom stereocenters. The largest absolute Gasteiger partial charge is 0.388 e. The summed E-state index contributed by atoms with van der Waals surface area (Å²) in [6.45, 7) is 2.09. The van der Waals surface area contributed by atoms with Crippen LogP contribution in [0.1, 0.15) is 31.2 Å². The second-order valence-corrected chi connectivity index (χ2v) is 5.81. The first-order valence-corrected chi connectivity index (χ1v) is 7.04. The van der Waals surface area contributed by atoms with Gasteiger partial charge in [-0.15, -0.1) is 0 Å². The van der Waals surface area contributed by atoms with Crippen LogP contribution in [0.5, 0.6) is 0 Å². The molecule has 5 heteroatoms. The molecule has 1 aromatic heterocycles. The zero-order valence-electron chi connectivity index (χ0n) is 12.1. The highest BCUT2D eigenvalue weighted by molar-refractivity contribution is 5.75. The van der Waals surface area contributed by atoms with E-state index in [0.29, 0.717) is 12.1 Å². The molecule has 1 saturated carbocycles. The number of carbonyl (C=O) groups excluding carboxylic acids is 1. The second-order valence-electron chi connectivity index (χ2n) is 5.81. The van der Waals surface area contributed by atoms with Crippen molar-refractivity contribution in [3.05, 3.63) is 34.2 Å². The summed E-state index contributed by atoms with van der Waals surface area (Å²) in [4.78, 5) is 25.6. The molecule has 0 spiro atoms. The molecule has 0 radical (unpaired) electrons. The van der Waals surface area contributed by atoms with Crippen molar-refractivity contribution in [1.82, 2.24) is 9.47 Å². The van der Waals surface area contributed by atoms with E-state index < -0.39 is 5.60 Å². The van der Waals surface area contributed by atoms with Gasteiger partial charge >= 0.3 is 0 Å².